The van der Waals surface area contributed by atoms with Gasteiger partial charge < -0.3 is 9.84 Å². The molecule has 0 unspecified atom stereocenters. The number of rotatable bonds is 4. The normalized spacial score (nSPS) is 10.6. The van der Waals surface area contributed by atoms with E-state index in [2.05, 4.69) is 15.6 Å². The van der Waals surface area contributed by atoms with E-state index in [4.69, 9.17) is 4.52 Å². The van der Waals surface area contributed by atoms with Gasteiger partial charge in [-0.05, 0) is 31.5 Å². The van der Waals surface area contributed by atoms with Crippen LogP contribution in [0.1, 0.15) is 27.4 Å². The number of nitrogens with one attached hydrogen (secondary N) is 1. The van der Waals surface area contributed by atoms with Crippen molar-refractivity contribution in [3.8, 4) is 5.69 Å². The number of para-hydroxylation sites is 1. The van der Waals surface area contributed by atoms with Gasteiger partial charge in [-0.2, -0.15) is 5.10 Å². The minimum atomic E-state index is -0.188. The third-order valence-corrected chi connectivity index (χ3v) is 3.44. The summed E-state index contributed by atoms with van der Waals surface area (Å²) in [5.74, 6) is 0.335. The van der Waals surface area contributed by atoms with Gasteiger partial charge in [0, 0.05) is 18.9 Å². The van der Waals surface area contributed by atoms with E-state index < -0.39 is 0 Å². The van der Waals surface area contributed by atoms with Gasteiger partial charge in [0.2, 0.25) is 0 Å². The molecule has 1 amide bonds. The van der Waals surface area contributed by atoms with Crippen LogP contribution in [-0.4, -0.2) is 20.8 Å². The Labute approximate surface area is 127 Å². The summed E-state index contributed by atoms with van der Waals surface area (Å²) in [7, 11) is 0. The second kappa shape index (κ2) is 5.85. The number of amides is 1. The van der Waals surface area contributed by atoms with E-state index in [1.807, 2.05) is 36.5 Å². The molecule has 0 spiro atoms. The van der Waals surface area contributed by atoms with Crippen molar-refractivity contribution in [3.63, 3.8) is 0 Å². The van der Waals surface area contributed by atoms with Crippen molar-refractivity contribution in [2.45, 2.75) is 20.4 Å². The molecule has 1 N–H and O–H groups in total. The van der Waals surface area contributed by atoms with Gasteiger partial charge in [-0.15, -0.1) is 0 Å². The lowest BCUT2D eigenvalue weighted by Gasteiger charge is -2.10. The maximum atomic E-state index is 12.3. The molecule has 2 heterocycles. The van der Waals surface area contributed by atoms with E-state index >= 15 is 0 Å². The van der Waals surface area contributed by atoms with E-state index in [0.717, 1.165) is 11.3 Å². The maximum absolute atomic E-state index is 12.3. The number of hydrogen-bond acceptors (Lipinski definition) is 4. The zero-order valence-electron chi connectivity index (χ0n) is 12.4. The Morgan fingerprint density at radius 3 is 2.77 bits per heavy atom. The smallest absolute Gasteiger partial charge is 0.257 e. The second-order valence-corrected chi connectivity index (χ2v) is 4.96. The molecule has 0 aliphatic heterocycles. The predicted octanol–water partition coefficient (Wildman–Crippen LogP) is 2.41. The van der Waals surface area contributed by atoms with Crippen molar-refractivity contribution >= 4 is 5.91 Å². The van der Waals surface area contributed by atoms with Gasteiger partial charge in [0.25, 0.3) is 5.91 Å². The number of nitrogens with zero attached hydrogens (tertiary/aromatic N) is 3. The lowest BCUT2D eigenvalue weighted by atomic mass is 10.1. The molecule has 0 aliphatic rings. The molecule has 0 atom stereocenters. The molecule has 6 nitrogen and oxygen atoms in total. The molecule has 0 bridgehead atoms. The van der Waals surface area contributed by atoms with Crippen LogP contribution in [0.3, 0.4) is 0 Å². The van der Waals surface area contributed by atoms with E-state index in [9.17, 15) is 4.79 Å². The minimum Gasteiger partial charge on any atom is -0.361 e. The average Bonchev–Trinajstić information content (AvgIpc) is 3.15. The quantitative estimate of drug-likeness (QED) is 0.802. The Kier molecular flexibility index (Phi) is 3.74. The Morgan fingerprint density at radius 1 is 1.27 bits per heavy atom. The van der Waals surface area contributed by atoms with Crippen molar-refractivity contribution in [1.29, 1.82) is 0 Å². The number of carbonyl (C=O) groups is 1. The van der Waals surface area contributed by atoms with Gasteiger partial charge in [-0.3, -0.25) is 4.79 Å². The van der Waals surface area contributed by atoms with Crippen LogP contribution in [0.4, 0.5) is 0 Å². The third kappa shape index (κ3) is 2.63. The molecular weight excluding hydrogens is 280 g/mol. The summed E-state index contributed by atoms with van der Waals surface area (Å²) >= 11 is 0. The highest BCUT2D eigenvalue weighted by Gasteiger charge is 2.17. The van der Waals surface area contributed by atoms with E-state index in [-0.39, 0.29) is 5.91 Å². The molecule has 3 rings (SSSR count). The number of carbonyl (C=O) groups excluding carboxylic acids is 1. The topological polar surface area (TPSA) is 73.0 Å². The third-order valence-electron chi connectivity index (χ3n) is 3.44. The molecule has 22 heavy (non-hydrogen) atoms. The standard InChI is InChI=1S/C16H16N4O2/c1-11-15(12(2)22-19-11)16(21)17-10-13-6-3-4-7-14(13)20-9-5-8-18-20/h3-9H,10H2,1-2H3,(H,17,21). The van der Waals surface area contributed by atoms with Gasteiger partial charge in [0.15, 0.2) is 0 Å². The van der Waals surface area contributed by atoms with Crippen LogP contribution in [-0.2, 0) is 6.54 Å². The number of aryl methyl sites for hydroxylation is 2. The number of benzene rings is 1. The summed E-state index contributed by atoms with van der Waals surface area (Å²) in [6, 6.07) is 9.66. The van der Waals surface area contributed by atoms with Crippen molar-refractivity contribution in [2.24, 2.45) is 0 Å². The van der Waals surface area contributed by atoms with Gasteiger partial charge in [-0.1, -0.05) is 23.4 Å². The molecule has 1 aromatic carbocycles. The van der Waals surface area contributed by atoms with Crippen LogP contribution in [0.2, 0.25) is 0 Å². The molecule has 6 heteroatoms. The van der Waals surface area contributed by atoms with E-state index in [1.54, 1.807) is 24.7 Å². The maximum Gasteiger partial charge on any atom is 0.257 e. The monoisotopic (exact) mass is 296 g/mol. The van der Waals surface area contributed by atoms with Crippen LogP contribution in [0, 0.1) is 13.8 Å². The summed E-state index contributed by atoms with van der Waals surface area (Å²) in [6.07, 6.45) is 3.59. The van der Waals surface area contributed by atoms with Crippen molar-refractivity contribution < 1.29 is 9.32 Å². The van der Waals surface area contributed by atoms with Gasteiger partial charge in [-0.25, -0.2) is 4.68 Å². The number of aromatic nitrogens is 3. The lowest BCUT2D eigenvalue weighted by molar-refractivity contribution is 0.0949. The Bertz CT molecular complexity index is 771. The van der Waals surface area contributed by atoms with Gasteiger partial charge >= 0.3 is 0 Å². The summed E-state index contributed by atoms with van der Waals surface area (Å²) in [4.78, 5) is 12.3. The minimum absolute atomic E-state index is 0.188. The molecule has 0 aliphatic carbocycles. The Morgan fingerprint density at radius 2 is 2.09 bits per heavy atom. The van der Waals surface area contributed by atoms with Crippen LogP contribution in [0.25, 0.3) is 5.69 Å². The summed E-state index contributed by atoms with van der Waals surface area (Å²) in [6.45, 7) is 3.88. The van der Waals surface area contributed by atoms with E-state index in [0.29, 0.717) is 23.6 Å². The van der Waals surface area contributed by atoms with Crippen LogP contribution >= 0.6 is 0 Å². The molecule has 0 saturated carbocycles. The van der Waals surface area contributed by atoms with Gasteiger partial charge in [0.05, 0.1) is 11.4 Å². The fraction of sp³-hybridized carbons (Fsp3) is 0.188. The van der Waals surface area contributed by atoms with E-state index in [1.165, 1.54) is 0 Å². The molecule has 2 aromatic heterocycles. The first-order valence-electron chi connectivity index (χ1n) is 6.96. The predicted molar refractivity (Wildman–Crippen MR) is 80.7 cm³/mol. The molecule has 0 saturated heterocycles. The molecular formula is C16H16N4O2. The molecule has 0 radical (unpaired) electrons. The first kappa shape index (κ1) is 14.1. The first-order valence-corrected chi connectivity index (χ1v) is 6.96. The molecule has 3 aromatic rings. The van der Waals surface area contributed by atoms with Crippen molar-refractivity contribution in [3.05, 3.63) is 65.3 Å². The van der Waals surface area contributed by atoms with Crippen molar-refractivity contribution in [1.82, 2.24) is 20.3 Å². The largest absolute Gasteiger partial charge is 0.361 e. The highest BCUT2D eigenvalue weighted by atomic mass is 16.5. The first-order chi connectivity index (χ1) is 10.7. The molecule has 0 fully saturated rings. The molecule has 112 valence electrons. The highest BCUT2D eigenvalue weighted by Crippen LogP contribution is 2.15. The van der Waals surface area contributed by atoms with Crippen LogP contribution < -0.4 is 5.32 Å². The van der Waals surface area contributed by atoms with Crippen LogP contribution in [0.15, 0.2) is 47.2 Å². The van der Waals surface area contributed by atoms with Crippen molar-refractivity contribution in [2.75, 3.05) is 0 Å². The fourth-order valence-electron chi connectivity index (χ4n) is 2.37. The fourth-order valence-corrected chi connectivity index (χ4v) is 2.37. The van der Waals surface area contributed by atoms with Gasteiger partial charge in [0.1, 0.15) is 11.3 Å². The summed E-state index contributed by atoms with van der Waals surface area (Å²) in [5, 5.41) is 10.9. The van der Waals surface area contributed by atoms with Crippen LogP contribution in [0.5, 0.6) is 0 Å². The Balaban J connectivity index is 1.79. The number of hydrogen-bond donors (Lipinski definition) is 1. The zero-order valence-corrected chi connectivity index (χ0v) is 12.4. The average molecular weight is 296 g/mol. The SMILES string of the molecule is Cc1noc(C)c1C(=O)NCc1ccccc1-n1cccn1. The summed E-state index contributed by atoms with van der Waals surface area (Å²) in [5.41, 5.74) is 3.00. The Hall–Kier alpha value is -2.89. The lowest BCUT2D eigenvalue weighted by Crippen LogP contribution is -2.24. The zero-order chi connectivity index (χ0) is 15.5. The summed E-state index contributed by atoms with van der Waals surface area (Å²) < 4.78 is 6.80. The highest BCUT2D eigenvalue weighted by molar-refractivity contribution is 5.96. The second-order valence-electron chi connectivity index (χ2n) is 4.96.